The van der Waals surface area contributed by atoms with Crippen molar-refractivity contribution in [2.45, 2.75) is 11.8 Å². The number of nitrogens with zero attached hydrogens (tertiary/aromatic N) is 3. The first-order valence-corrected chi connectivity index (χ1v) is 7.11. The number of nitrogen functional groups attached to an aromatic ring is 1. The molecule has 10 heteroatoms. The Morgan fingerprint density at radius 1 is 1.32 bits per heavy atom. The van der Waals surface area contributed by atoms with Crippen LogP contribution in [0.4, 0.5) is 11.9 Å². The van der Waals surface area contributed by atoms with Gasteiger partial charge in [0.25, 0.3) is 0 Å². The van der Waals surface area contributed by atoms with E-state index < -0.39 is 10.0 Å². The topological polar surface area (TPSA) is 116 Å². The van der Waals surface area contributed by atoms with Crippen LogP contribution < -0.4 is 5.73 Å². The highest BCUT2D eigenvalue weighted by molar-refractivity contribution is 7.94. The number of rotatable bonds is 3. The van der Waals surface area contributed by atoms with Gasteiger partial charge in [0, 0.05) is 5.02 Å². The zero-order valence-corrected chi connectivity index (χ0v) is 11.9. The molecule has 102 valence electrons. The minimum Gasteiger partial charge on any atom is -0.382 e. The maximum absolute atomic E-state index is 12.1. The molecule has 0 saturated carbocycles. The van der Waals surface area contributed by atoms with E-state index in [4.69, 9.17) is 28.9 Å². The molecule has 3 N–H and O–H groups in total. The summed E-state index contributed by atoms with van der Waals surface area (Å²) in [5.74, 6) is -0.325. The van der Waals surface area contributed by atoms with Gasteiger partial charge in [-0.15, -0.1) is 0 Å². The molecular weight excluding hydrogens is 313 g/mol. The minimum absolute atomic E-state index is 0.0251. The molecule has 0 aliphatic carbocycles. The Morgan fingerprint density at radius 3 is 2.58 bits per heavy atom. The zero-order valence-electron chi connectivity index (χ0n) is 9.55. The van der Waals surface area contributed by atoms with Crippen LogP contribution in [0.15, 0.2) is 17.0 Å². The zero-order chi connectivity index (χ0) is 14.2. The summed E-state index contributed by atoms with van der Waals surface area (Å²) in [6.07, 6.45) is 0. The predicted octanol–water partition coefficient (Wildman–Crippen LogP) is 2.40. The van der Waals surface area contributed by atoms with Gasteiger partial charge < -0.3 is 15.8 Å². The molecule has 0 radical (unpaired) electrons. The van der Waals surface area contributed by atoms with Gasteiger partial charge in [0.15, 0.2) is 0 Å². The summed E-state index contributed by atoms with van der Waals surface area (Å²) in [6, 6.07) is 2.67. The smallest absolute Gasteiger partial charge is 0.230 e. The van der Waals surface area contributed by atoms with Gasteiger partial charge in [-0.3, -0.25) is 9.82 Å². The van der Waals surface area contributed by atoms with Crippen LogP contribution in [0.3, 0.4) is 0 Å². The lowest BCUT2D eigenvalue weighted by Crippen LogP contribution is -2.00. The summed E-state index contributed by atoms with van der Waals surface area (Å²) in [5.41, 5.74) is 5.85. The van der Waals surface area contributed by atoms with Gasteiger partial charge in [-0.2, -0.15) is 0 Å². The number of hydrogen-bond acceptors (Lipinski definition) is 5. The van der Waals surface area contributed by atoms with E-state index in [0.717, 1.165) is 0 Å². The number of aromatic amines is 1. The van der Waals surface area contributed by atoms with Crippen molar-refractivity contribution in [1.29, 1.82) is 0 Å². The van der Waals surface area contributed by atoms with Crippen LogP contribution in [0.25, 0.3) is 4.72 Å². The largest absolute Gasteiger partial charge is 0.382 e. The van der Waals surface area contributed by atoms with E-state index in [0.29, 0.717) is 10.6 Å². The number of aryl methyl sites for hydroxylation is 1. The van der Waals surface area contributed by atoms with E-state index in [1.807, 2.05) is 0 Å². The number of H-pyrrole nitrogens is 1. The molecule has 19 heavy (non-hydrogen) atoms. The van der Waals surface area contributed by atoms with E-state index in [-0.39, 0.29) is 21.8 Å². The second kappa shape index (κ2) is 4.87. The Hall–Kier alpha value is -1.51. The van der Waals surface area contributed by atoms with Crippen LogP contribution in [-0.2, 0) is 10.0 Å². The van der Waals surface area contributed by atoms with Crippen molar-refractivity contribution in [1.82, 2.24) is 15.2 Å². The summed E-state index contributed by atoms with van der Waals surface area (Å²) in [7, 11) is -4.04. The fourth-order valence-electron chi connectivity index (χ4n) is 1.29. The van der Waals surface area contributed by atoms with Crippen LogP contribution in [0.1, 0.15) is 5.56 Å². The summed E-state index contributed by atoms with van der Waals surface area (Å²) >= 11 is 11.7. The van der Waals surface area contributed by atoms with Crippen molar-refractivity contribution in [3.8, 4) is 0 Å². The Bertz CT molecular complexity index is 728. The van der Waals surface area contributed by atoms with Crippen LogP contribution in [0.5, 0.6) is 0 Å². The predicted molar refractivity (Wildman–Crippen MR) is 72.2 cm³/mol. The number of sulfonamides is 1. The lowest BCUT2D eigenvalue weighted by Gasteiger charge is -2.11. The fraction of sp³-hybridized carbons (Fsp3) is 0.111. The van der Waals surface area contributed by atoms with E-state index >= 15 is 0 Å². The number of aromatic nitrogens is 3. The summed E-state index contributed by atoms with van der Waals surface area (Å²) in [5, 5.41) is 6.14. The van der Waals surface area contributed by atoms with Gasteiger partial charge in [0.05, 0.1) is 15.9 Å². The first-order valence-electron chi connectivity index (χ1n) is 4.91. The van der Waals surface area contributed by atoms with Crippen molar-refractivity contribution in [2.24, 2.45) is 0 Å². The third-order valence-electron chi connectivity index (χ3n) is 2.18. The fourth-order valence-corrected chi connectivity index (χ4v) is 2.99. The number of halogens is 2. The first kappa shape index (κ1) is 13.9. The SMILES string of the molecule is Cc1cc(S(=O)(=O)[N-]c2n[nH]c(N)n2)c(Cl)cc1Cl. The number of anilines is 1. The van der Waals surface area contributed by atoms with E-state index in [1.54, 1.807) is 6.92 Å². The highest BCUT2D eigenvalue weighted by atomic mass is 35.5. The molecule has 7 nitrogen and oxygen atoms in total. The molecule has 0 atom stereocenters. The van der Waals surface area contributed by atoms with E-state index in [9.17, 15) is 8.42 Å². The quantitative estimate of drug-likeness (QED) is 0.900. The minimum atomic E-state index is -4.04. The molecule has 1 heterocycles. The van der Waals surface area contributed by atoms with Crippen molar-refractivity contribution in [2.75, 3.05) is 5.73 Å². The molecule has 0 saturated heterocycles. The van der Waals surface area contributed by atoms with Gasteiger partial charge in [-0.25, -0.2) is 8.42 Å². The van der Waals surface area contributed by atoms with Crippen molar-refractivity contribution < 1.29 is 8.42 Å². The molecular formula is C9H8Cl2N5O2S-. The maximum atomic E-state index is 12.1. The number of nitrogens with one attached hydrogen (secondary N) is 1. The van der Waals surface area contributed by atoms with Gasteiger partial charge in [0.1, 0.15) is 5.95 Å². The first-order chi connectivity index (χ1) is 8.79. The average molecular weight is 321 g/mol. The van der Waals surface area contributed by atoms with Gasteiger partial charge in [-0.05, 0) is 24.6 Å². The molecule has 0 aliphatic rings. The monoisotopic (exact) mass is 320 g/mol. The highest BCUT2D eigenvalue weighted by Gasteiger charge is 2.18. The van der Waals surface area contributed by atoms with Crippen LogP contribution in [0, 0.1) is 6.92 Å². The van der Waals surface area contributed by atoms with Gasteiger partial charge in [0.2, 0.25) is 10.0 Å². The highest BCUT2D eigenvalue weighted by Crippen LogP contribution is 2.33. The molecule has 0 fully saturated rings. The molecule has 1 aromatic heterocycles. The molecule has 2 aromatic rings. The number of benzene rings is 1. The Labute approximate surface area is 119 Å². The molecule has 0 unspecified atom stereocenters. The van der Waals surface area contributed by atoms with Crippen LogP contribution >= 0.6 is 23.2 Å². The van der Waals surface area contributed by atoms with Crippen molar-refractivity contribution in [3.05, 3.63) is 32.5 Å². The molecule has 2 rings (SSSR count). The summed E-state index contributed by atoms with van der Waals surface area (Å²) in [6.45, 7) is 1.66. The van der Waals surface area contributed by atoms with Crippen LogP contribution in [0.2, 0.25) is 10.0 Å². The molecule has 1 aromatic carbocycles. The molecule has 0 bridgehead atoms. The lowest BCUT2D eigenvalue weighted by atomic mass is 10.2. The third-order valence-corrected chi connectivity index (χ3v) is 4.31. The third kappa shape index (κ3) is 2.91. The van der Waals surface area contributed by atoms with Gasteiger partial charge in [-0.1, -0.05) is 23.2 Å². The summed E-state index contributed by atoms with van der Waals surface area (Å²) in [4.78, 5) is 3.42. The van der Waals surface area contributed by atoms with E-state index in [1.165, 1.54) is 12.1 Å². The van der Waals surface area contributed by atoms with Crippen molar-refractivity contribution in [3.63, 3.8) is 0 Å². The van der Waals surface area contributed by atoms with E-state index in [2.05, 4.69) is 19.9 Å². The normalized spacial score (nSPS) is 11.5. The molecule has 0 aliphatic heterocycles. The summed E-state index contributed by atoms with van der Waals surface area (Å²) < 4.78 is 27.6. The van der Waals surface area contributed by atoms with Gasteiger partial charge >= 0.3 is 0 Å². The number of hydrogen-bond donors (Lipinski definition) is 2. The molecule has 0 amide bonds. The number of nitrogens with two attached hydrogens (primary N) is 1. The maximum Gasteiger partial charge on any atom is 0.230 e. The van der Waals surface area contributed by atoms with Crippen LogP contribution in [-0.4, -0.2) is 23.6 Å². The standard InChI is InChI=1S/C9H8Cl2N5O2S/c1-4-2-7(6(11)3-5(4)10)19(17,18)16-9-13-8(12)14-15-9/h2-3H,1H3,(H3-,12,13,14,15,16)/q-1. The Morgan fingerprint density at radius 2 is 2.00 bits per heavy atom. The second-order valence-corrected chi connectivity index (χ2v) is 6.01. The average Bonchev–Trinajstić information content (AvgIpc) is 2.68. The molecule has 0 spiro atoms. The Kier molecular flexibility index (Phi) is 3.57. The van der Waals surface area contributed by atoms with Crippen molar-refractivity contribution >= 4 is 45.1 Å². The Balaban J connectivity index is 2.42. The second-order valence-electron chi connectivity index (χ2n) is 3.62. The lowest BCUT2D eigenvalue weighted by molar-refractivity contribution is 0.603.